The number of hydrogen-bond acceptors (Lipinski definition) is 5. The normalized spacial score (nSPS) is 10.7. The molecule has 0 aliphatic carbocycles. The summed E-state index contributed by atoms with van der Waals surface area (Å²) in [7, 11) is 3.15. The number of esters is 1. The number of fused-ring (bicyclic) bond motifs is 1. The molecule has 0 aliphatic heterocycles. The fourth-order valence-electron chi connectivity index (χ4n) is 2.83. The Bertz CT molecular complexity index is 910. The van der Waals surface area contributed by atoms with Gasteiger partial charge in [0.1, 0.15) is 12.2 Å². The fraction of sp³-hybridized carbons (Fsp3) is 0.286. The van der Waals surface area contributed by atoms with E-state index in [2.05, 4.69) is 13.0 Å². The largest absolute Gasteiger partial charge is 0.493 e. The van der Waals surface area contributed by atoms with Crippen molar-refractivity contribution in [3.05, 3.63) is 59.4 Å². The number of hydrogen-bond donors (Lipinski definition) is 0. The van der Waals surface area contributed by atoms with E-state index in [0.717, 1.165) is 28.5 Å². The lowest BCUT2D eigenvalue weighted by atomic mass is 10.1. The Morgan fingerprint density at radius 1 is 1.00 bits per heavy atom. The minimum Gasteiger partial charge on any atom is -0.493 e. The van der Waals surface area contributed by atoms with Crippen molar-refractivity contribution >= 4 is 16.9 Å². The van der Waals surface area contributed by atoms with Crippen molar-refractivity contribution in [3.63, 3.8) is 0 Å². The van der Waals surface area contributed by atoms with Crippen LogP contribution in [0.2, 0.25) is 0 Å². The molecule has 136 valence electrons. The molecule has 0 aliphatic rings. The van der Waals surface area contributed by atoms with Crippen molar-refractivity contribution in [2.24, 2.45) is 0 Å². The Kier molecular flexibility index (Phi) is 5.46. The van der Waals surface area contributed by atoms with Gasteiger partial charge in [-0.25, -0.2) is 0 Å². The predicted octanol–water partition coefficient (Wildman–Crippen LogP) is 4.30. The van der Waals surface area contributed by atoms with E-state index in [-0.39, 0.29) is 19.0 Å². The quantitative estimate of drug-likeness (QED) is 0.592. The third-order valence-corrected chi connectivity index (χ3v) is 4.31. The Morgan fingerprint density at radius 3 is 2.50 bits per heavy atom. The van der Waals surface area contributed by atoms with Gasteiger partial charge in [0.25, 0.3) is 0 Å². The molecule has 5 heteroatoms. The Morgan fingerprint density at radius 2 is 1.77 bits per heavy atom. The molecule has 3 aromatic rings. The molecule has 0 amide bonds. The molecule has 0 unspecified atom stereocenters. The smallest absolute Gasteiger partial charge is 0.310 e. The number of carbonyl (C=O) groups is 1. The summed E-state index contributed by atoms with van der Waals surface area (Å²) in [5.41, 5.74) is 3.67. The first-order valence-electron chi connectivity index (χ1n) is 8.50. The van der Waals surface area contributed by atoms with Crippen LogP contribution in [0.15, 0.2) is 47.1 Å². The molecule has 0 bridgehead atoms. The lowest BCUT2D eigenvalue weighted by molar-refractivity contribution is -0.144. The summed E-state index contributed by atoms with van der Waals surface area (Å²) in [6, 6.07) is 11.5. The summed E-state index contributed by atoms with van der Waals surface area (Å²) in [6.07, 6.45) is 2.74. The van der Waals surface area contributed by atoms with Gasteiger partial charge in [-0.3, -0.25) is 4.79 Å². The van der Waals surface area contributed by atoms with E-state index in [1.54, 1.807) is 32.6 Å². The SMILES string of the molecule is CCc1ccc2c(CC(=O)OCc3ccc(OC)c(OC)c3)coc2c1. The molecule has 0 saturated heterocycles. The molecular weight excluding hydrogens is 332 g/mol. The van der Waals surface area contributed by atoms with E-state index in [0.29, 0.717) is 11.5 Å². The highest BCUT2D eigenvalue weighted by molar-refractivity contribution is 5.86. The van der Waals surface area contributed by atoms with E-state index in [1.165, 1.54) is 5.56 Å². The van der Waals surface area contributed by atoms with Gasteiger partial charge in [0.15, 0.2) is 11.5 Å². The van der Waals surface area contributed by atoms with Crippen LogP contribution in [-0.4, -0.2) is 20.2 Å². The molecule has 0 fully saturated rings. The van der Waals surface area contributed by atoms with Crippen LogP contribution in [0.3, 0.4) is 0 Å². The molecule has 5 nitrogen and oxygen atoms in total. The maximum Gasteiger partial charge on any atom is 0.310 e. The van der Waals surface area contributed by atoms with Crippen LogP contribution in [-0.2, 0) is 29.0 Å². The highest BCUT2D eigenvalue weighted by Gasteiger charge is 2.13. The van der Waals surface area contributed by atoms with Crippen LogP contribution in [0, 0.1) is 0 Å². The summed E-state index contributed by atoms with van der Waals surface area (Å²) < 4.78 is 21.4. The average Bonchev–Trinajstić information content (AvgIpc) is 3.07. The number of aryl methyl sites for hydroxylation is 1. The second kappa shape index (κ2) is 7.95. The lowest BCUT2D eigenvalue weighted by Gasteiger charge is -2.10. The molecule has 0 atom stereocenters. The minimum absolute atomic E-state index is 0.172. The van der Waals surface area contributed by atoms with Crippen molar-refractivity contribution in [3.8, 4) is 11.5 Å². The molecule has 26 heavy (non-hydrogen) atoms. The Hall–Kier alpha value is -2.95. The Balaban J connectivity index is 1.64. The van der Waals surface area contributed by atoms with Crippen molar-refractivity contribution < 1.29 is 23.4 Å². The van der Waals surface area contributed by atoms with Crippen molar-refractivity contribution in [2.75, 3.05) is 14.2 Å². The molecular formula is C21H22O5. The molecule has 0 radical (unpaired) electrons. The lowest BCUT2D eigenvalue weighted by Crippen LogP contribution is -2.08. The van der Waals surface area contributed by atoms with Gasteiger partial charge in [0.05, 0.1) is 26.9 Å². The number of ether oxygens (including phenoxy) is 3. The van der Waals surface area contributed by atoms with Crippen molar-refractivity contribution in [1.29, 1.82) is 0 Å². The molecule has 0 saturated carbocycles. The van der Waals surface area contributed by atoms with E-state index < -0.39 is 0 Å². The van der Waals surface area contributed by atoms with Crippen LogP contribution < -0.4 is 9.47 Å². The number of furan rings is 1. The second-order valence-electron chi connectivity index (χ2n) is 5.97. The van der Waals surface area contributed by atoms with Crippen molar-refractivity contribution in [1.82, 2.24) is 0 Å². The minimum atomic E-state index is -0.304. The highest BCUT2D eigenvalue weighted by atomic mass is 16.5. The summed E-state index contributed by atoms with van der Waals surface area (Å²) in [5.74, 6) is 0.939. The van der Waals surface area contributed by atoms with Gasteiger partial charge in [-0.05, 0) is 35.7 Å². The monoisotopic (exact) mass is 354 g/mol. The summed E-state index contributed by atoms with van der Waals surface area (Å²) in [4.78, 5) is 12.2. The van der Waals surface area contributed by atoms with Gasteiger partial charge >= 0.3 is 5.97 Å². The maximum absolute atomic E-state index is 12.2. The zero-order valence-corrected chi connectivity index (χ0v) is 15.2. The molecule has 0 spiro atoms. The number of benzene rings is 2. The third-order valence-electron chi connectivity index (χ3n) is 4.31. The summed E-state index contributed by atoms with van der Waals surface area (Å²) in [6.45, 7) is 2.27. The van der Waals surface area contributed by atoms with E-state index in [9.17, 15) is 4.79 Å². The van der Waals surface area contributed by atoms with Gasteiger partial charge in [-0.1, -0.05) is 25.1 Å². The summed E-state index contributed by atoms with van der Waals surface area (Å²) >= 11 is 0. The first-order valence-corrected chi connectivity index (χ1v) is 8.50. The number of rotatable bonds is 7. The van der Waals surface area contributed by atoms with Gasteiger partial charge in [0, 0.05) is 10.9 Å². The average molecular weight is 354 g/mol. The first-order chi connectivity index (χ1) is 12.6. The van der Waals surface area contributed by atoms with Gasteiger partial charge < -0.3 is 18.6 Å². The molecule has 0 N–H and O–H groups in total. The van der Waals surface area contributed by atoms with Crippen LogP contribution in [0.25, 0.3) is 11.0 Å². The van der Waals surface area contributed by atoms with Gasteiger partial charge in [-0.15, -0.1) is 0 Å². The zero-order chi connectivity index (χ0) is 18.5. The second-order valence-corrected chi connectivity index (χ2v) is 5.97. The standard InChI is InChI=1S/C21H22O5/c1-4-14-5-7-17-16(13-25-19(17)9-14)11-21(22)26-12-15-6-8-18(23-2)20(10-15)24-3/h5-10,13H,4,11-12H2,1-3H3. The zero-order valence-electron chi connectivity index (χ0n) is 15.2. The Labute approximate surface area is 152 Å². The van der Waals surface area contributed by atoms with Gasteiger partial charge in [0.2, 0.25) is 0 Å². The van der Waals surface area contributed by atoms with E-state index in [4.69, 9.17) is 18.6 Å². The van der Waals surface area contributed by atoms with Gasteiger partial charge in [-0.2, -0.15) is 0 Å². The van der Waals surface area contributed by atoms with Crippen LogP contribution >= 0.6 is 0 Å². The third kappa shape index (κ3) is 3.82. The van der Waals surface area contributed by atoms with E-state index >= 15 is 0 Å². The highest BCUT2D eigenvalue weighted by Crippen LogP contribution is 2.28. The molecule has 1 heterocycles. The topological polar surface area (TPSA) is 57.9 Å². The molecule has 1 aromatic heterocycles. The summed E-state index contributed by atoms with van der Waals surface area (Å²) in [5, 5.41) is 0.949. The first kappa shape index (κ1) is 17.9. The predicted molar refractivity (Wildman–Crippen MR) is 98.6 cm³/mol. The van der Waals surface area contributed by atoms with Crippen LogP contribution in [0.5, 0.6) is 11.5 Å². The fourth-order valence-corrected chi connectivity index (χ4v) is 2.83. The van der Waals surface area contributed by atoms with E-state index in [1.807, 2.05) is 18.2 Å². The van der Waals surface area contributed by atoms with Crippen molar-refractivity contribution in [2.45, 2.75) is 26.4 Å². The number of carbonyl (C=O) groups excluding carboxylic acids is 1. The molecule has 3 rings (SSSR count). The van der Waals surface area contributed by atoms with Crippen LogP contribution in [0.4, 0.5) is 0 Å². The maximum atomic E-state index is 12.2. The number of methoxy groups -OCH3 is 2. The molecule has 2 aromatic carbocycles. The van der Waals surface area contributed by atoms with Crippen LogP contribution in [0.1, 0.15) is 23.6 Å².